The second-order valence-corrected chi connectivity index (χ2v) is 4.91. The molecule has 0 radical (unpaired) electrons. The molecule has 0 fully saturated rings. The van der Waals surface area contributed by atoms with Gasteiger partial charge < -0.3 is 9.88 Å². The lowest BCUT2D eigenvalue weighted by molar-refractivity contribution is -0.131. The zero-order valence-electron chi connectivity index (χ0n) is 10.5. The summed E-state index contributed by atoms with van der Waals surface area (Å²) in [5.41, 5.74) is -0.868. The smallest absolute Gasteiger partial charge is 0.365 e. The van der Waals surface area contributed by atoms with E-state index in [-0.39, 0.29) is 12.4 Å². The molecule has 1 aromatic rings. The van der Waals surface area contributed by atoms with Crippen LogP contribution in [0.5, 0.6) is 0 Å². The number of nitrogens with zero attached hydrogens (tertiary/aromatic N) is 2. The van der Waals surface area contributed by atoms with E-state index >= 15 is 0 Å². The fraction of sp³-hybridized carbons (Fsp3) is 0.636. The van der Waals surface area contributed by atoms with Crippen molar-refractivity contribution in [2.24, 2.45) is 0 Å². The molecule has 0 amide bonds. The van der Waals surface area contributed by atoms with Crippen molar-refractivity contribution in [2.75, 3.05) is 11.9 Å². The van der Waals surface area contributed by atoms with Gasteiger partial charge in [0.05, 0.1) is 6.42 Å². The Bertz CT molecular complexity index is 460. The van der Waals surface area contributed by atoms with Gasteiger partial charge in [-0.25, -0.2) is 4.98 Å². The standard InChI is InChI=1S/C11H16F3N3O/c1-10(2,3)17-7-6-16-8(9(17)18)15-5-4-11(12,13)14/h6-7H,4-5H2,1-3H3,(H,15,16). The monoisotopic (exact) mass is 263 g/mol. The van der Waals surface area contributed by atoms with E-state index in [1.807, 2.05) is 20.8 Å². The van der Waals surface area contributed by atoms with Crippen molar-refractivity contribution in [1.82, 2.24) is 9.55 Å². The summed E-state index contributed by atoms with van der Waals surface area (Å²) in [6, 6.07) is 0. The zero-order chi connectivity index (χ0) is 14.0. The number of nitrogens with one attached hydrogen (secondary N) is 1. The predicted octanol–water partition coefficient (Wildman–Crippen LogP) is 2.36. The van der Waals surface area contributed by atoms with Gasteiger partial charge in [-0.1, -0.05) is 0 Å². The molecular formula is C11H16F3N3O. The van der Waals surface area contributed by atoms with Gasteiger partial charge in [0.25, 0.3) is 5.56 Å². The van der Waals surface area contributed by atoms with Gasteiger partial charge in [0.1, 0.15) is 0 Å². The Balaban J connectivity index is 2.83. The predicted molar refractivity (Wildman–Crippen MR) is 62.7 cm³/mol. The summed E-state index contributed by atoms with van der Waals surface area (Å²) < 4.78 is 37.4. The lowest BCUT2D eigenvalue weighted by Gasteiger charge is -2.22. The molecule has 1 aromatic heterocycles. The molecule has 0 unspecified atom stereocenters. The molecule has 102 valence electrons. The summed E-state index contributed by atoms with van der Waals surface area (Å²) in [5.74, 6) is -0.0586. The molecule has 0 aliphatic heterocycles. The maximum atomic E-state index is 12.0. The normalized spacial score (nSPS) is 12.6. The number of hydrogen-bond donors (Lipinski definition) is 1. The fourth-order valence-electron chi connectivity index (χ4n) is 1.38. The van der Waals surface area contributed by atoms with Crippen molar-refractivity contribution in [2.45, 2.75) is 38.9 Å². The SMILES string of the molecule is CC(C)(C)n1ccnc(NCCC(F)(F)F)c1=O. The van der Waals surface area contributed by atoms with Crippen LogP contribution in [0.2, 0.25) is 0 Å². The van der Waals surface area contributed by atoms with E-state index in [1.54, 1.807) is 0 Å². The number of aromatic nitrogens is 2. The Labute approximate surface area is 103 Å². The molecule has 0 saturated heterocycles. The average molecular weight is 263 g/mol. The largest absolute Gasteiger partial charge is 0.390 e. The van der Waals surface area contributed by atoms with Crippen molar-refractivity contribution < 1.29 is 13.2 Å². The lowest BCUT2D eigenvalue weighted by atomic mass is 10.1. The van der Waals surface area contributed by atoms with Gasteiger partial charge in [0.2, 0.25) is 0 Å². The number of hydrogen-bond acceptors (Lipinski definition) is 3. The molecule has 0 bridgehead atoms. The first-order valence-electron chi connectivity index (χ1n) is 5.50. The summed E-state index contributed by atoms with van der Waals surface area (Å²) in [4.78, 5) is 15.7. The van der Waals surface area contributed by atoms with Crippen LogP contribution < -0.4 is 10.9 Å². The summed E-state index contributed by atoms with van der Waals surface area (Å²) >= 11 is 0. The third kappa shape index (κ3) is 4.05. The van der Waals surface area contributed by atoms with Gasteiger partial charge in [-0.3, -0.25) is 4.79 Å². The molecule has 0 spiro atoms. The average Bonchev–Trinajstić information content (AvgIpc) is 2.17. The van der Waals surface area contributed by atoms with Crippen molar-refractivity contribution in [3.63, 3.8) is 0 Å². The molecule has 1 rings (SSSR count). The van der Waals surface area contributed by atoms with Crippen molar-refractivity contribution >= 4 is 5.82 Å². The minimum Gasteiger partial charge on any atom is -0.365 e. The molecule has 1 heterocycles. The van der Waals surface area contributed by atoms with E-state index in [9.17, 15) is 18.0 Å². The van der Waals surface area contributed by atoms with Crippen LogP contribution in [0.1, 0.15) is 27.2 Å². The van der Waals surface area contributed by atoms with Crippen LogP contribution in [-0.4, -0.2) is 22.3 Å². The molecule has 7 heteroatoms. The lowest BCUT2D eigenvalue weighted by Crippen LogP contribution is -2.35. The van der Waals surface area contributed by atoms with Crippen LogP contribution in [0.4, 0.5) is 19.0 Å². The van der Waals surface area contributed by atoms with Gasteiger partial charge in [0, 0.05) is 24.5 Å². The molecule has 0 saturated carbocycles. The molecule has 0 aliphatic carbocycles. The minimum atomic E-state index is -4.25. The Morgan fingerprint density at radius 3 is 2.44 bits per heavy atom. The highest BCUT2D eigenvalue weighted by molar-refractivity contribution is 5.31. The summed E-state index contributed by atoms with van der Waals surface area (Å²) in [7, 11) is 0. The number of halogens is 3. The summed E-state index contributed by atoms with van der Waals surface area (Å²) in [6.45, 7) is 5.12. The zero-order valence-corrected chi connectivity index (χ0v) is 10.5. The minimum absolute atomic E-state index is 0.0586. The van der Waals surface area contributed by atoms with E-state index in [0.29, 0.717) is 0 Å². The Hall–Kier alpha value is -1.53. The highest BCUT2D eigenvalue weighted by Gasteiger charge is 2.26. The number of anilines is 1. The molecule has 0 aliphatic rings. The Morgan fingerprint density at radius 1 is 1.33 bits per heavy atom. The third-order valence-electron chi connectivity index (χ3n) is 2.26. The van der Waals surface area contributed by atoms with Crippen LogP contribution in [0, 0.1) is 0 Å². The maximum Gasteiger partial charge on any atom is 0.390 e. The van der Waals surface area contributed by atoms with E-state index in [1.165, 1.54) is 17.0 Å². The summed E-state index contributed by atoms with van der Waals surface area (Å²) in [5, 5.41) is 2.42. The van der Waals surface area contributed by atoms with E-state index in [0.717, 1.165) is 0 Å². The second-order valence-electron chi connectivity index (χ2n) is 4.91. The van der Waals surface area contributed by atoms with Crippen LogP contribution in [0.15, 0.2) is 17.2 Å². The molecule has 18 heavy (non-hydrogen) atoms. The van der Waals surface area contributed by atoms with Crippen LogP contribution in [0.3, 0.4) is 0 Å². The second kappa shape index (κ2) is 4.99. The van der Waals surface area contributed by atoms with E-state index in [2.05, 4.69) is 10.3 Å². The van der Waals surface area contributed by atoms with Crippen molar-refractivity contribution in [3.05, 3.63) is 22.7 Å². The molecule has 0 aromatic carbocycles. The van der Waals surface area contributed by atoms with Crippen LogP contribution in [-0.2, 0) is 5.54 Å². The molecular weight excluding hydrogens is 247 g/mol. The third-order valence-corrected chi connectivity index (χ3v) is 2.26. The van der Waals surface area contributed by atoms with E-state index < -0.39 is 23.7 Å². The van der Waals surface area contributed by atoms with Gasteiger partial charge in [0.15, 0.2) is 5.82 Å². The van der Waals surface area contributed by atoms with Gasteiger partial charge in [-0.05, 0) is 20.8 Å². The first-order chi connectivity index (χ1) is 8.11. The topological polar surface area (TPSA) is 46.9 Å². The quantitative estimate of drug-likeness (QED) is 0.910. The maximum absolute atomic E-state index is 12.0. The van der Waals surface area contributed by atoms with Crippen molar-refractivity contribution in [3.8, 4) is 0 Å². The Kier molecular flexibility index (Phi) is 4.03. The van der Waals surface area contributed by atoms with Gasteiger partial charge >= 0.3 is 6.18 Å². The molecule has 1 N–H and O–H groups in total. The summed E-state index contributed by atoms with van der Waals surface area (Å²) in [6.07, 6.45) is -2.34. The first kappa shape index (κ1) is 14.5. The van der Waals surface area contributed by atoms with Crippen LogP contribution >= 0.6 is 0 Å². The molecule has 0 atom stereocenters. The van der Waals surface area contributed by atoms with E-state index in [4.69, 9.17) is 0 Å². The fourth-order valence-corrected chi connectivity index (χ4v) is 1.38. The van der Waals surface area contributed by atoms with Crippen molar-refractivity contribution in [1.29, 1.82) is 0 Å². The molecule has 4 nitrogen and oxygen atoms in total. The van der Waals surface area contributed by atoms with Crippen LogP contribution in [0.25, 0.3) is 0 Å². The first-order valence-corrected chi connectivity index (χ1v) is 5.50. The van der Waals surface area contributed by atoms with Gasteiger partial charge in [-0.2, -0.15) is 13.2 Å². The number of rotatable bonds is 3. The Morgan fingerprint density at radius 2 is 1.94 bits per heavy atom. The van der Waals surface area contributed by atoms with Gasteiger partial charge in [-0.15, -0.1) is 0 Å². The number of alkyl halides is 3. The highest BCUT2D eigenvalue weighted by Crippen LogP contribution is 2.19. The highest BCUT2D eigenvalue weighted by atomic mass is 19.4.